The van der Waals surface area contributed by atoms with Gasteiger partial charge in [0.05, 0.1) is 5.92 Å². The first kappa shape index (κ1) is 13.5. The fraction of sp³-hybridized carbons (Fsp3) is 0.923. The van der Waals surface area contributed by atoms with Crippen LogP contribution >= 0.6 is 0 Å². The molecule has 3 nitrogen and oxygen atoms in total. The Balaban J connectivity index is 2.80. The summed E-state index contributed by atoms with van der Waals surface area (Å²) < 4.78 is 0. The molecule has 0 bridgehead atoms. The van der Waals surface area contributed by atoms with Gasteiger partial charge in [0.2, 0.25) is 0 Å². The van der Waals surface area contributed by atoms with Gasteiger partial charge in [0.25, 0.3) is 0 Å². The van der Waals surface area contributed by atoms with E-state index in [1.54, 1.807) is 0 Å². The van der Waals surface area contributed by atoms with Crippen molar-refractivity contribution >= 4 is 5.97 Å². The van der Waals surface area contributed by atoms with Crippen LogP contribution in [0.2, 0.25) is 0 Å². The van der Waals surface area contributed by atoms with E-state index >= 15 is 0 Å². The molecule has 1 aliphatic carbocycles. The third-order valence-electron chi connectivity index (χ3n) is 3.75. The standard InChI is InChI=1S/C13H25NO2/c1-4-14(10(2)3)12-9-7-5-6-8-11(12)13(15)16/h10-12H,4-9H2,1-3H3,(H,15,16). The number of hydrogen-bond acceptors (Lipinski definition) is 2. The Hall–Kier alpha value is -0.570. The summed E-state index contributed by atoms with van der Waals surface area (Å²) in [6.07, 6.45) is 5.34. The number of carboxylic acid groups (broad SMARTS) is 1. The molecule has 0 aromatic heterocycles. The lowest BCUT2D eigenvalue weighted by molar-refractivity contribution is -0.144. The van der Waals surface area contributed by atoms with E-state index < -0.39 is 5.97 Å². The highest BCUT2D eigenvalue weighted by Crippen LogP contribution is 2.28. The molecule has 16 heavy (non-hydrogen) atoms. The molecule has 0 saturated heterocycles. The molecule has 0 heterocycles. The molecule has 94 valence electrons. The highest BCUT2D eigenvalue weighted by Gasteiger charge is 2.33. The summed E-state index contributed by atoms with van der Waals surface area (Å²) in [7, 11) is 0. The fourth-order valence-electron chi connectivity index (χ4n) is 2.96. The average molecular weight is 227 g/mol. The molecule has 3 heteroatoms. The first-order chi connectivity index (χ1) is 7.57. The Kier molecular flexibility index (Phi) is 5.26. The summed E-state index contributed by atoms with van der Waals surface area (Å²) in [5.74, 6) is -0.768. The van der Waals surface area contributed by atoms with Crippen molar-refractivity contribution < 1.29 is 9.90 Å². The monoisotopic (exact) mass is 227 g/mol. The Morgan fingerprint density at radius 1 is 1.31 bits per heavy atom. The lowest BCUT2D eigenvalue weighted by atomic mass is 9.92. The molecular formula is C13H25NO2. The molecular weight excluding hydrogens is 202 g/mol. The Morgan fingerprint density at radius 3 is 2.44 bits per heavy atom. The van der Waals surface area contributed by atoms with E-state index in [0.29, 0.717) is 6.04 Å². The van der Waals surface area contributed by atoms with E-state index in [2.05, 4.69) is 25.7 Å². The number of aliphatic carboxylic acids is 1. The zero-order valence-electron chi connectivity index (χ0n) is 10.8. The molecule has 0 aromatic carbocycles. The minimum absolute atomic E-state index is 0.162. The molecule has 0 aliphatic heterocycles. The van der Waals surface area contributed by atoms with Crippen LogP contribution in [0, 0.1) is 5.92 Å². The molecule has 0 radical (unpaired) electrons. The van der Waals surface area contributed by atoms with Crippen molar-refractivity contribution in [3.05, 3.63) is 0 Å². The van der Waals surface area contributed by atoms with Crippen molar-refractivity contribution in [1.29, 1.82) is 0 Å². The summed E-state index contributed by atoms with van der Waals surface area (Å²) in [4.78, 5) is 13.7. The second-order valence-corrected chi connectivity index (χ2v) is 5.07. The van der Waals surface area contributed by atoms with Crippen LogP contribution in [0.4, 0.5) is 0 Å². The van der Waals surface area contributed by atoms with Gasteiger partial charge in [-0.2, -0.15) is 0 Å². The van der Waals surface area contributed by atoms with E-state index in [0.717, 1.165) is 25.8 Å². The van der Waals surface area contributed by atoms with E-state index in [4.69, 9.17) is 0 Å². The third-order valence-corrected chi connectivity index (χ3v) is 3.75. The summed E-state index contributed by atoms with van der Waals surface area (Å²) >= 11 is 0. The topological polar surface area (TPSA) is 40.5 Å². The maximum atomic E-state index is 11.3. The summed E-state index contributed by atoms with van der Waals surface area (Å²) in [6.45, 7) is 7.40. The lowest BCUT2D eigenvalue weighted by Gasteiger charge is -2.36. The van der Waals surface area contributed by atoms with Crippen molar-refractivity contribution in [2.45, 2.75) is 65.0 Å². The molecule has 0 amide bonds. The predicted octanol–water partition coefficient (Wildman–Crippen LogP) is 2.75. The van der Waals surface area contributed by atoms with Crippen LogP contribution in [0.15, 0.2) is 0 Å². The Morgan fingerprint density at radius 2 is 1.94 bits per heavy atom. The first-order valence-corrected chi connectivity index (χ1v) is 6.56. The fourth-order valence-corrected chi connectivity index (χ4v) is 2.96. The maximum absolute atomic E-state index is 11.3. The number of carboxylic acids is 1. The van der Waals surface area contributed by atoms with Crippen molar-refractivity contribution in [2.75, 3.05) is 6.54 Å². The molecule has 1 aliphatic rings. The lowest BCUT2D eigenvalue weighted by Crippen LogP contribution is -2.46. The summed E-state index contributed by atoms with van der Waals surface area (Å²) in [6, 6.07) is 0.681. The maximum Gasteiger partial charge on any atom is 0.308 e. The minimum Gasteiger partial charge on any atom is -0.481 e. The van der Waals surface area contributed by atoms with Gasteiger partial charge in [-0.25, -0.2) is 0 Å². The van der Waals surface area contributed by atoms with Crippen LogP contribution < -0.4 is 0 Å². The van der Waals surface area contributed by atoms with Crippen molar-refractivity contribution in [2.24, 2.45) is 5.92 Å². The van der Waals surface area contributed by atoms with E-state index in [1.165, 1.54) is 12.8 Å². The zero-order chi connectivity index (χ0) is 12.1. The van der Waals surface area contributed by atoms with Gasteiger partial charge in [-0.1, -0.05) is 26.2 Å². The van der Waals surface area contributed by atoms with Crippen LogP contribution in [-0.4, -0.2) is 34.6 Å². The molecule has 1 rings (SSSR count). The Bertz CT molecular complexity index is 228. The molecule has 1 N–H and O–H groups in total. The molecule has 1 fully saturated rings. The second kappa shape index (κ2) is 6.24. The molecule has 1 saturated carbocycles. The van der Waals surface area contributed by atoms with Gasteiger partial charge < -0.3 is 5.11 Å². The van der Waals surface area contributed by atoms with E-state index in [1.807, 2.05) is 0 Å². The summed E-state index contributed by atoms with van der Waals surface area (Å²) in [5, 5.41) is 9.33. The third kappa shape index (κ3) is 3.21. The first-order valence-electron chi connectivity index (χ1n) is 6.56. The van der Waals surface area contributed by atoms with Gasteiger partial charge in [0.15, 0.2) is 0 Å². The average Bonchev–Trinajstić information content (AvgIpc) is 2.44. The van der Waals surface area contributed by atoms with Crippen molar-refractivity contribution in [1.82, 2.24) is 4.90 Å². The number of hydrogen-bond donors (Lipinski definition) is 1. The van der Waals surface area contributed by atoms with Crippen LogP contribution in [-0.2, 0) is 4.79 Å². The molecule has 2 atom stereocenters. The highest BCUT2D eigenvalue weighted by atomic mass is 16.4. The summed E-state index contributed by atoms with van der Waals surface area (Å²) in [5.41, 5.74) is 0. The van der Waals surface area contributed by atoms with E-state index in [-0.39, 0.29) is 12.0 Å². The number of carbonyl (C=O) groups is 1. The van der Waals surface area contributed by atoms with Gasteiger partial charge in [0.1, 0.15) is 0 Å². The predicted molar refractivity (Wildman–Crippen MR) is 65.5 cm³/mol. The van der Waals surface area contributed by atoms with Crippen molar-refractivity contribution in [3.8, 4) is 0 Å². The Labute approximate surface area is 98.8 Å². The van der Waals surface area contributed by atoms with Crippen molar-refractivity contribution in [3.63, 3.8) is 0 Å². The largest absolute Gasteiger partial charge is 0.481 e. The smallest absolute Gasteiger partial charge is 0.308 e. The van der Waals surface area contributed by atoms with Gasteiger partial charge in [-0.15, -0.1) is 0 Å². The highest BCUT2D eigenvalue weighted by molar-refractivity contribution is 5.70. The normalized spacial score (nSPS) is 27.1. The van der Waals surface area contributed by atoms with Gasteiger partial charge in [-0.3, -0.25) is 9.69 Å². The van der Waals surface area contributed by atoms with Crippen LogP contribution in [0.5, 0.6) is 0 Å². The number of rotatable bonds is 4. The second-order valence-electron chi connectivity index (χ2n) is 5.07. The van der Waals surface area contributed by atoms with Gasteiger partial charge >= 0.3 is 5.97 Å². The quantitative estimate of drug-likeness (QED) is 0.751. The molecule has 0 spiro atoms. The van der Waals surface area contributed by atoms with E-state index in [9.17, 15) is 9.90 Å². The SMILES string of the molecule is CCN(C(C)C)C1CCCCCC1C(=O)O. The van der Waals surface area contributed by atoms with Crippen LogP contribution in [0.3, 0.4) is 0 Å². The van der Waals surface area contributed by atoms with Gasteiger partial charge in [-0.05, 0) is 33.2 Å². The number of nitrogens with zero attached hydrogens (tertiary/aromatic N) is 1. The van der Waals surface area contributed by atoms with Gasteiger partial charge in [0, 0.05) is 12.1 Å². The zero-order valence-corrected chi connectivity index (χ0v) is 10.8. The molecule has 2 unspecified atom stereocenters. The van der Waals surface area contributed by atoms with Crippen LogP contribution in [0.1, 0.15) is 52.9 Å². The minimum atomic E-state index is -0.606. The molecule has 0 aromatic rings. The van der Waals surface area contributed by atoms with Crippen LogP contribution in [0.25, 0.3) is 0 Å².